The maximum Gasteiger partial charge on any atom is 0.341 e. The third-order valence-corrected chi connectivity index (χ3v) is 3.81. The summed E-state index contributed by atoms with van der Waals surface area (Å²) in [7, 11) is 1.28. The molecule has 0 radical (unpaired) electrons. The van der Waals surface area contributed by atoms with Crippen LogP contribution in [0.2, 0.25) is 5.02 Å². The van der Waals surface area contributed by atoms with E-state index in [2.05, 4.69) is 4.74 Å². The molecule has 0 aliphatic heterocycles. The first-order valence-electron chi connectivity index (χ1n) is 7.01. The summed E-state index contributed by atoms with van der Waals surface area (Å²) >= 11 is 6.22. The lowest BCUT2D eigenvalue weighted by Crippen LogP contribution is -2.05. The number of halogens is 1. The van der Waals surface area contributed by atoms with Gasteiger partial charge in [-0.2, -0.15) is 0 Å². The van der Waals surface area contributed by atoms with E-state index in [0.29, 0.717) is 22.1 Å². The van der Waals surface area contributed by atoms with Crippen LogP contribution in [0.15, 0.2) is 44.2 Å². The molecule has 24 heavy (non-hydrogen) atoms. The third-order valence-electron chi connectivity index (χ3n) is 3.51. The number of aryl methyl sites for hydroxylation is 1. The largest absolute Gasteiger partial charge is 0.484 e. The lowest BCUT2D eigenvalue weighted by atomic mass is 10.1. The normalized spacial score (nSPS) is 10.8. The van der Waals surface area contributed by atoms with Crippen LogP contribution < -0.4 is 10.4 Å². The first-order valence-corrected chi connectivity index (χ1v) is 7.39. The van der Waals surface area contributed by atoms with Crippen molar-refractivity contribution in [3.8, 4) is 5.75 Å². The van der Waals surface area contributed by atoms with Crippen LogP contribution in [-0.2, 0) is 11.3 Å². The van der Waals surface area contributed by atoms with Crippen LogP contribution in [0.25, 0.3) is 11.0 Å². The summed E-state index contributed by atoms with van der Waals surface area (Å²) in [5.41, 5.74) is 0.949. The van der Waals surface area contributed by atoms with E-state index >= 15 is 0 Å². The van der Waals surface area contributed by atoms with Crippen LogP contribution in [0.4, 0.5) is 0 Å². The summed E-state index contributed by atoms with van der Waals surface area (Å²) in [5, 5.41) is 1.07. The fourth-order valence-electron chi connectivity index (χ4n) is 2.32. The highest BCUT2D eigenvalue weighted by Crippen LogP contribution is 2.31. The van der Waals surface area contributed by atoms with Crippen LogP contribution in [0.5, 0.6) is 5.75 Å². The van der Waals surface area contributed by atoms with Crippen LogP contribution >= 0.6 is 11.6 Å². The molecular formula is C17H13ClO6. The first kappa shape index (κ1) is 16.1. The number of esters is 1. The van der Waals surface area contributed by atoms with E-state index in [1.54, 1.807) is 13.0 Å². The average molecular weight is 349 g/mol. The molecule has 124 valence electrons. The summed E-state index contributed by atoms with van der Waals surface area (Å²) in [6.07, 6.45) is 1.37. The SMILES string of the molecule is COC(=O)c1ccoc1COc1cc2oc(=O)cc(C)c2cc1Cl. The summed E-state index contributed by atoms with van der Waals surface area (Å²) in [6.45, 7) is 1.76. The highest BCUT2D eigenvalue weighted by molar-refractivity contribution is 6.32. The second-order valence-electron chi connectivity index (χ2n) is 5.06. The monoisotopic (exact) mass is 348 g/mol. The quantitative estimate of drug-likeness (QED) is 0.528. The second-order valence-corrected chi connectivity index (χ2v) is 5.47. The fraction of sp³-hybridized carbons (Fsp3) is 0.176. The van der Waals surface area contributed by atoms with Gasteiger partial charge in [-0.15, -0.1) is 0 Å². The Morgan fingerprint density at radius 3 is 2.83 bits per heavy atom. The number of furan rings is 1. The molecule has 0 aliphatic carbocycles. The van der Waals surface area contributed by atoms with Crippen molar-refractivity contribution in [3.05, 3.63) is 62.9 Å². The highest BCUT2D eigenvalue weighted by atomic mass is 35.5. The molecule has 6 nitrogen and oxygen atoms in total. The molecule has 3 rings (SSSR count). The zero-order valence-corrected chi connectivity index (χ0v) is 13.7. The minimum absolute atomic E-state index is 0.0291. The number of hydrogen-bond acceptors (Lipinski definition) is 6. The number of fused-ring (bicyclic) bond motifs is 1. The van der Waals surface area contributed by atoms with Crippen molar-refractivity contribution in [1.29, 1.82) is 0 Å². The van der Waals surface area contributed by atoms with Gasteiger partial charge in [0.15, 0.2) is 5.76 Å². The molecule has 0 N–H and O–H groups in total. The van der Waals surface area contributed by atoms with Gasteiger partial charge in [-0.3, -0.25) is 0 Å². The van der Waals surface area contributed by atoms with E-state index in [9.17, 15) is 9.59 Å². The van der Waals surface area contributed by atoms with Crippen LogP contribution in [0, 0.1) is 6.92 Å². The number of ether oxygens (including phenoxy) is 2. The molecule has 1 aromatic carbocycles. The van der Waals surface area contributed by atoms with Crippen LogP contribution in [-0.4, -0.2) is 13.1 Å². The molecule has 3 aromatic rings. The highest BCUT2D eigenvalue weighted by Gasteiger charge is 2.16. The van der Waals surface area contributed by atoms with Crippen molar-refractivity contribution in [2.24, 2.45) is 0 Å². The molecule has 0 fully saturated rings. The molecule has 0 unspecified atom stereocenters. The summed E-state index contributed by atoms with van der Waals surface area (Å²) in [4.78, 5) is 23.1. The molecule has 0 amide bonds. The van der Waals surface area contributed by atoms with Gasteiger partial charge in [0.1, 0.15) is 23.5 Å². The predicted octanol–water partition coefficient (Wildman–Crippen LogP) is 3.71. The Morgan fingerprint density at radius 1 is 1.29 bits per heavy atom. The topological polar surface area (TPSA) is 78.9 Å². The number of carbonyl (C=O) groups is 1. The lowest BCUT2D eigenvalue weighted by Gasteiger charge is -2.09. The predicted molar refractivity (Wildman–Crippen MR) is 86.6 cm³/mol. The molecule has 0 bridgehead atoms. The van der Waals surface area contributed by atoms with Crippen molar-refractivity contribution < 1.29 is 23.1 Å². The van der Waals surface area contributed by atoms with Gasteiger partial charge in [0.2, 0.25) is 0 Å². The minimum atomic E-state index is -0.520. The summed E-state index contributed by atoms with van der Waals surface area (Å²) in [5.74, 6) is 0.0995. The van der Waals surface area contributed by atoms with Crippen LogP contribution in [0.3, 0.4) is 0 Å². The van der Waals surface area contributed by atoms with Crippen molar-refractivity contribution >= 4 is 28.5 Å². The maximum atomic E-state index is 11.6. The molecule has 0 aliphatic rings. The maximum absolute atomic E-state index is 11.6. The number of rotatable bonds is 4. The first-order chi connectivity index (χ1) is 11.5. The number of hydrogen-bond donors (Lipinski definition) is 0. The average Bonchev–Trinajstić information content (AvgIpc) is 3.01. The summed E-state index contributed by atoms with van der Waals surface area (Å²) < 4.78 is 20.7. The molecular weight excluding hydrogens is 336 g/mol. The molecule has 0 atom stereocenters. The number of benzene rings is 1. The minimum Gasteiger partial charge on any atom is -0.484 e. The summed E-state index contributed by atoms with van der Waals surface area (Å²) in [6, 6.07) is 6.08. The lowest BCUT2D eigenvalue weighted by molar-refractivity contribution is 0.0595. The number of methoxy groups -OCH3 is 1. The van der Waals surface area contributed by atoms with E-state index < -0.39 is 11.6 Å². The van der Waals surface area contributed by atoms with Crippen molar-refractivity contribution in [2.45, 2.75) is 13.5 Å². The van der Waals surface area contributed by atoms with Gasteiger partial charge >= 0.3 is 11.6 Å². The Bertz CT molecular complexity index is 969. The van der Waals surface area contributed by atoms with Gasteiger partial charge < -0.3 is 18.3 Å². The van der Waals surface area contributed by atoms with Crippen molar-refractivity contribution in [1.82, 2.24) is 0 Å². The second kappa shape index (κ2) is 6.41. The molecule has 7 heteroatoms. The Kier molecular flexibility index (Phi) is 4.31. The zero-order chi connectivity index (χ0) is 17.3. The van der Waals surface area contributed by atoms with Gasteiger partial charge in [0.05, 0.1) is 18.4 Å². The molecule has 0 spiro atoms. The van der Waals surface area contributed by atoms with Gasteiger partial charge in [-0.05, 0) is 24.6 Å². The Labute approximate surface area is 141 Å². The Hall–Kier alpha value is -2.73. The molecule has 2 heterocycles. The number of carbonyl (C=O) groups excluding carboxylic acids is 1. The molecule has 0 saturated heterocycles. The van der Waals surface area contributed by atoms with Gasteiger partial charge in [0.25, 0.3) is 0 Å². The van der Waals surface area contributed by atoms with E-state index in [0.717, 1.165) is 10.9 Å². The standard InChI is InChI=1S/C17H13ClO6/c1-9-5-16(19)24-13-7-14(12(18)6-11(9)13)23-8-15-10(3-4-22-15)17(20)21-2/h3-7H,8H2,1-2H3. The van der Waals surface area contributed by atoms with E-state index in [1.165, 1.54) is 31.6 Å². The van der Waals surface area contributed by atoms with E-state index in [4.69, 9.17) is 25.2 Å². The van der Waals surface area contributed by atoms with Crippen molar-refractivity contribution in [2.75, 3.05) is 7.11 Å². The van der Waals surface area contributed by atoms with Gasteiger partial charge in [-0.25, -0.2) is 9.59 Å². The Balaban J connectivity index is 1.91. The third kappa shape index (κ3) is 3.00. The van der Waals surface area contributed by atoms with E-state index in [-0.39, 0.29) is 12.2 Å². The molecule has 2 aromatic heterocycles. The van der Waals surface area contributed by atoms with Gasteiger partial charge in [-0.1, -0.05) is 11.6 Å². The zero-order valence-electron chi connectivity index (χ0n) is 12.9. The smallest absolute Gasteiger partial charge is 0.341 e. The van der Waals surface area contributed by atoms with Crippen LogP contribution in [0.1, 0.15) is 21.7 Å². The van der Waals surface area contributed by atoms with Crippen molar-refractivity contribution in [3.63, 3.8) is 0 Å². The Morgan fingerprint density at radius 2 is 2.08 bits per heavy atom. The fourth-order valence-corrected chi connectivity index (χ4v) is 2.54. The van der Waals surface area contributed by atoms with E-state index in [1.807, 2.05) is 0 Å². The van der Waals surface area contributed by atoms with Gasteiger partial charge in [0, 0.05) is 17.5 Å². The molecule has 0 saturated carbocycles.